The Morgan fingerprint density at radius 2 is 2.13 bits per heavy atom. The van der Waals surface area contributed by atoms with E-state index < -0.39 is 6.10 Å². The standard InChI is InChI=1S/C19H28N2O2/c1-13-5-6-14(2)17(10-13)18(22)12-21-9-3-4-15(11-21)19(23)20-16-7-8-16/h5-6,10,15-16,18,22H,3-4,7-9,11-12H2,1-2H3,(H,20,23)/t15-,18+/m0/s1. The molecule has 2 fully saturated rings. The summed E-state index contributed by atoms with van der Waals surface area (Å²) < 4.78 is 0. The van der Waals surface area contributed by atoms with Gasteiger partial charge in [0.2, 0.25) is 5.91 Å². The van der Waals surface area contributed by atoms with Crippen LogP contribution in [0.5, 0.6) is 0 Å². The van der Waals surface area contributed by atoms with Gasteiger partial charge >= 0.3 is 0 Å². The summed E-state index contributed by atoms with van der Waals surface area (Å²) >= 11 is 0. The third-order valence-corrected chi connectivity index (χ3v) is 5.02. The zero-order valence-corrected chi connectivity index (χ0v) is 14.2. The molecule has 0 unspecified atom stereocenters. The van der Waals surface area contributed by atoms with E-state index in [9.17, 15) is 9.90 Å². The second-order valence-electron chi connectivity index (χ2n) is 7.26. The number of carbonyl (C=O) groups excluding carboxylic acids is 1. The van der Waals surface area contributed by atoms with Crippen LogP contribution in [0.2, 0.25) is 0 Å². The molecule has 0 radical (unpaired) electrons. The van der Waals surface area contributed by atoms with Gasteiger partial charge in [0.25, 0.3) is 0 Å². The molecule has 1 saturated heterocycles. The summed E-state index contributed by atoms with van der Waals surface area (Å²) in [6, 6.07) is 6.64. The number of β-amino-alcohol motifs (C(OH)–C–C–N with tert-alkyl or cyclic N) is 1. The monoisotopic (exact) mass is 316 g/mol. The van der Waals surface area contributed by atoms with Crippen molar-refractivity contribution in [2.75, 3.05) is 19.6 Å². The highest BCUT2D eigenvalue weighted by Crippen LogP contribution is 2.25. The van der Waals surface area contributed by atoms with Gasteiger partial charge in [0.05, 0.1) is 12.0 Å². The molecule has 0 aromatic heterocycles. The number of rotatable bonds is 5. The van der Waals surface area contributed by atoms with Gasteiger partial charge < -0.3 is 10.4 Å². The number of carbonyl (C=O) groups is 1. The van der Waals surface area contributed by atoms with E-state index in [2.05, 4.69) is 35.3 Å². The first-order chi connectivity index (χ1) is 11.0. The van der Waals surface area contributed by atoms with Crippen molar-refractivity contribution >= 4 is 5.91 Å². The first-order valence-corrected chi connectivity index (χ1v) is 8.81. The lowest BCUT2D eigenvalue weighted by Crippen LogP contribution is -2.44. The maximum atomic E-state index is 12.2. The lowest BCUT2D eigenvalue weighted by Gasteiger charge is -2.33. The van der Waals surface area contributed by atoms with Crippen molar-refractivity contribution in [1.29, 1.82) is 0 Å². The molecule has 23 heavy (non-hydrogen) atoms. The molecule has 1 amide bonds. The molecule has 1 heterocycles. The Bertz CT molecular complexity index is 568. The van der Waals surface area contributed by atoms with Crippen LogP contribution in [0.15, 0.2) is 18.2 Å². The number of amides is 1. The van der Waals surface area contributed by atoms with Crippen LogP contribution < -0.4 is 5.32 Å². The summed E-state index contributed by atoms with van der Waals surface area (Å²) in [5, 5.41) is 13.7. The van der Waals surface area contributed by atoms with E-state index in [-0.39, 0.29) is 11.8 Å². The quantitative estimate of drug-likeness (QED) is 0.876. The second kappa shape index (κ2) is 7.02. The third-order valence-electron chi connectivity index (χ3n) is 5.02. The van der Waals surface area contributed by atoms with Crippen LogP contribution in [0, 0.1) is 19.8 Å². The van der Waals surface area contributed by atoms with Gasteiger partial charge in [-0.1, -0.05) is 23.8 Å². The topological polar surface area (TPSA) is 52.6 Å². The van der Waals surface area contributed by atoms with Crippen molar-refractivity contribution in [2.24, 2.45) is 5.92 Å². The van der Waals surface area contributed by atoms with Crippen LogP contribution in [0.4, 0.5) is 0 Å². The molecule has 2 atom stereocenters. The van der Waals surface area contributed by atoms with Crippen molar-refractivity contribution < 1.29 is 9.90 Å². The second-order valence-corrected chi connectivity index (χ2v) is 7.26. The van der Waals surface area contributed by atoms with Crippen molar-refractivity contribution in [3.05, 3.63) is 34.9 Å². The highest BCUT2D eigenvalue weighted by Gasteiger charge is 2.31. The van der Waals surface area contributed by atoms with Crippen LogP contribution in [0.25, 0.3) is 0 Å². The third kappa shape index (κ3) is 4.33. The number of hydrogen-bond acceptors (Lipinski definition) is 3. The molecule has 1 aliphatic carbocycles. The Labute approximate surface area is 138 Å². The molecule has 4 heteroatoms. The van der Waals surface area contributed by atoms with Gasteiger partial charge in [-0.15, -0.1) is 0 Å². The number of benzene rings is 1. The average molecular weight is 316 g/mol. The van der Waals surface area contributed by atoms with E-state index >= 15 is 0 Å². The van der Waals surface area contributed by atoms with Gasteiger partial charge in [-0.05, 0) is 57.2 Å². The molecule has 1 aromatic carbocycles. The Morgan fingerprint density at radius 3 is 2.87 bits per heavy atom. The molecular formula is C19H28N2O2. The van der Waals surface area contributed by atoms with Crippen LogP contribution in [0.1, 0.15) is 48.5 Å². The molecule has 0 spiro atoms. The van der Waals surface area contributed by atoms with Gasteiger partial charge in [-0.3, -0.25) is 9.69 Å². The molecular weight excluding hydrogens is 288 g/mol. The molecule has 1 aromatic rings. The predicted molar refractivity (Wildman–Crippen MR) is 91.2 cm³/mol. The van der Waals surface area contributed by atoms with E-state index in [4.69, 9.17) is 0 Å². The van der Waals surface area contributed by atoms with Crippen molar-refractivity contribution in [3.63, 3.8) is 0 Å². The van der Waals surface area contributed by atoms with Gasteiger partial charge in [0, 0.05) is 19.1 Å². The smallest absolute Gasteiger partial charge is 0.224 e. The summed E-state index contributed by atoms with van der Waals surface area (Å²) in [5.74, 6) is 0.286. The van der Waals surface area contributed by atoms with Crippen LogP contribution in [0.3, 0.4) is 0 Å². The molecule has 3 rings (SSSR count). The molecule has 1 saturated carbocycles. The average Bonchev–Trinajstić information content (AvgIpc) is 3.34. The highest BCUT2D eigenvalue weighted by atomic mass is 16.3. The SMILES string of the molecule is Cc1ccc(C)c([C@H](O)CN2CCC[C@H](C(=O)NC3CC3)C2)c1. The summed E-state index contributed by atoms with van der Waals surface area (Å²) in [6.07, 6.45) is 3.78. The normalized spacial score (nSPS) is 23.5. The molecule has 0 bridgehead atoms. The zero-order valence-electron chi connectivity index (χ0n) is 14.2. The number of piperidine rings is 1. The van der Waals surface area contributed by atoms with E-state index in [0.29, 0.717) is 12.6 Å². The molecule has 1 aliphatic heterocycles. The number of aliphatic hydroxyl groups excluding tert-OH is 1. The summed E-state index contributed by atoms with van der Waals surface area (Å²) in [4.78, 5) is 14.5. The maximum Gasteiger partial charge on any atom is 0.224 e. The maximum absolute atomic E-state index is 12.2. The molecule has 126 valence electrons. The minimum atomic E-state index is -0.486. The van der Waals surface area contributed by atoms with Crippen LogP contribution >= 0.6 is 0 Å². The Kier molecular flexibility index (Phi) is 5.02. The van der Waals surface area contributed by atoms with Gasteiger partial charge in [0.15, 0.2) is 0 Å². The zero-order chi connectivity index (χ0) is 16.4. The van der Waals surface area contributed by atoms with E-state index in [1.807, 2.05) is 6.92 Å². The molecule has 2 aliphatic rings. The van der Waals surface area contributed by atoms with Crippen molar-refractivity contribution in [3.8, 4) is 0 Å². The number of aryl methyl sites for hydroxylation is 2. The largest absolute Gasteiger partial charge is 0.387 e. The summed E-state index contributed by atoms with van der Waals surface area (Å²) in [6.45, 7) is 6.43. The van der Waals surface area contributed by atoms with Gasteiger partial charge in [0.1, 0.15) is 0 Å². The summed E-state index contributed by atoms with van der Waals surface area (Å²) in [5.41, 5.74) is 3.31. The van der Waals surface area contributed by atoms with Crippen molar-refractivity contribution in [2.45, 2.75) is 51.7 Å². The van der Waals surface area contributed by atoms with Gasteiger partial charge in [-0.25, -0.2) is 0 Å². The van der Waals surface area contributed by atoms with Gasteiger partial charge in [-0.2, -0.15) is 0 Å². The number of nitrogens with one attached hydrogen (secondary N) is 1. The number of aliphatic hydroxyl groups is 1. The predicted octanol–water partition coefficient (Wildman–Crippen LogP) is 2.33. The lowest BCUT2D eigenvalue weighted by molar-refractivity contribution is -0.127. The fourth-order valence-corrected chi connectivity index (χ4v) is 3.44. The minimum absolute atomic E-state index is 0.0788. The van der Waals surface area contributed by atoms with E-state index in [0.717, 1.165) is 49.9 Å². The molecule has 4 nitrogen and oxygen atoms in total. The highest BCUT2D eigenvalue weighted by molar-refractivity contribution is 5.79. The van der Waals surface area contributed by atoms with E-state index in [1.54, 1.807) is 0 Å². The fourth-order valence-electron chi connectivity index (χ4n) is 3.44. The number of likely N-dealkylation sites (tertiary alicyclic amines) is 1. The van der Waals surface area contributed by atoms with Crippen molar-refractivity contribution in [1.82, 2.24) is 10.2 Å². The van der Waals surface area contributed by atoms with Crippen LogP contribution in [-0.4, -0.2) is 41.6 Å². The Morgan fingerprint density at radius 1 is 1.35 bits per heavy atom. The summed E-state index contributed by atoms with van der Waals surface area (Å²) in [7, 11) is 0. The minimum Gasteiger partial charge on any atom is -0.387 e. The number of hydrogen-bond donors (Lipinski definition) is 2. The Balaban J connectivity index is 1.58. The van der Waals surface area contributed by atoms with E-state index in [1.165, 1.54) is 5.56 Å². The van der Waals surface area contributed by atoms with Crippen LogP contribution in [-0.2, 0) is 4.79 Å². The molecule has 2 N–H and O–H groups in total. The lowest BCUT2D eigenvalue weighted by atomic mass is 9.95. The first-order valence-electron chi connectivity index (χ1n) is 8.81. The Hall–Kier alpha value is -1.39. The first kappa shape index (κ1) is 16.5. The number of nitrogens with zero attached hydrogens (tertiary/aromatic N) is 1. The fraction of sp³-hybridized carbons (Fsp3) is 0.632.